The zero-order valence-electron chi connectivity index (χ0n) is 17.9. The lowest BCUT2D eigenvalue weighted by Gasteiger charge is -2.30. The van der Waals surface area contributed by atoms with Crippen molar-refractivity contribution in [3.8, 4) is 0 Å². The topological polar surface area (TPSA) is 97.3 Å². The van der Waals surface area contributed by atoms with Crippen molar-refractivity contribution in [2.75, 3.05) is 29.9 Å². The Labute approximate surface area is 190 Å². The predicted molar refractivity (Wildman–Crippen MR) is 124 cm³/mol. The zero-order chi connectivity index (χ0) is 22.5. The van der Waals surface area contributed by atoms with Crippen molar-refractivity contribution < 1.29 is 14.3 Å². The standard InChI is InChI=1S/C23H23N5O3S/c1-3-31-22(30)18-8-10-28(23-25-9-11-32-23)13-19(18)16-4-6-17(7-5-16)27-21(29)20-15(2)12-24-14-26-20/h4-7,9,11-12,14H,3,8,10,13H2,1-2H3,(H,27,29). The molecule has 0 saturated carbocycles. The summed E-state index contributed by atoms with van der Waals surface area (Å²) >= 11 is 1.57. The highest BCUT2D eigenvalue weighted by Gasteiger charge is 2.26. The Bertz CT molecular complexity index is 1140. The monoisotopic (exact) mass is 449 g/mol. The highest BCUT2D eigenvalue weighted by molar-refractivity contribution is 7.13. The SMILES string of the molecule is CCOC(=O)C1=C(c2ccc(NC(=O)c3ncncc3C)cc2)CN(c2nccs2)CC1. The molecule has 0 aliphatic carbocycles. The Morgan fingerprint density at radius 1 is 1.22 bits per heavy atom. The number of hydrogen-bond donors (Lipinski definition) is 1. The third-order valence-corrected chi connectivity index (χ3v) is 5.99. The van der Waals surface area contributed by atoms with Crippen molar-refractivity contribution in [2.45, 2.75) is 20.3 Å². The van der Waals surface area contributed by atoms with Crippen LogP contribution >= 0.6 is 11.3 Å². The molecule has 1 aromatic carbocycles. The van der Waals surface area contributed by atoms with Gasteiger partial charge in [0.05, 0.1) is 6.61 Å². The summed E-state index contributed by atoms with van der Waals surface area (Å²) in [6.07, 6.45) is 5.32. The van der Waals surface area contributed by atoms with Crippen LogP contribution in [-0.2, 0) is 9.53 Å². The van der Waals surface area contributed by atoms with E-state index in [1.165, 1.54) is 6.33 Å². The van der Waals surface area contributed by atoms with Gasteiger partial charge in [0, 0.05) is 42.1 Å². The highest BCUT2D eigenvalue weighted by Crippen LogP contribution is 2.32. The zero-order valence-corrected chi connectivity index (χ0v) is 18.7. The van der Waals surface area contributed by atoms with Crippen LogP contribution in [0.1, 0.15) is 35.0 Å². The van der Waals surface area contributed by atoms with Gasteiger partial charge in [-0.1, -0.05) is 12.1 Å². The van der Waals surface area contributed by atoms with Crippen molar-refractivity contribution >= 4 is 39.6 Å². The smallest absolute Gasteiger partial charge is 0.334 e. The van der Waals surface area contributed by atoms with Crippen LogP contribution in [0.25, 0.3) is 5.57 Å². The quantitative estimate of drug-likeness (QED) is 0.573. The van der Waals surface area contributed by atoms with Gasteiger partial charge in [-0.15, -0.1) is 11.3 Å². The van der Waals surface area contributed by atoms with E-state index in [0.29, 0.717) is 48.6 Å². The van der Waals surface area contributed by atoms with E-state index in [4.69, 9.17) is 4.74 Å². The average Bonchev–Trinajstić information content (AvgIpc) is 3.35. The number of anilines is 2. The summed E-state index contributed by atoms with van der Waals surface area (Å²) in [6.45, 7) is 5.20. The maximum atomic E-state index is 12.6. The van der Waals surface area contributed by atoms with Gasteiger partial charge in [-0.3, -0.25) is 4.79 Å². The first-order valence-electron chi connectivity index (χ1n) is 10.3. The first-order chi connectivity index (χ1) is 15.6. The number of amides is 1. The number of rotatable bonds is 6. The molecule has 0 atom stereocenters. The van der Waals surface area contributed by atoms with Crippen LogP contribution < -0.4 is 10.2 Å². The second-order valence-electron chi connectivity index (χ2n) is 7.25. The molecule has 8 nitrogen and oxygen atoms in total. The number of carbonyl (C=O) groups is 2. The Balaban J connectivity index is 1.58. The molecule has 2 aromatic heterocycles. The van der Waals surface area contributed by atoms with Crippen molar-refractivity contribution in [3.05, 3.63) is 70.8 Å². The second-order valence-corrected chi connectivity index (χ2v) is 8.12. The fourth-order valence-corrected chi connectivity index (χ4v) is 4.26. The van der Waals surface area contributed by atoms with E-state index in [0.717, 1.165) is 16.3 Å². The lowest BCUT2D eigenvalue weighted by Crippen LogP contribution is -2.33. The number of nitrogens with one attached hydrogen (secondary N) is 1. The van der Waals surface area contributed by atoms with E-state index in [1.54, 1.807) is 37.6 Å². The van der Waals surface area contributed by atoms with Gasteiger partial charge in [-0.2, -0.15) is 0 Å². The molecule has 4 rings (SSSR count). The minimum Gasteiger partial charge on any atom is -0.463 e. The largest absolute Gasteiger partial charge is 0.463 e. The van der Waals surface area contributed by atoms with Crippen LogP contribution in [0.3, 0.4) is 0 Å². The number of aryl methyl sites for hydroxylation is 1. The van der Waals surface area contributed by atoms with Crippen molar-refractivity contribution in [2.24, 2.45) is 0 Å². The minimum atomic E-state index is -0.295. The van der Waals surface area contributed by atoms with Crippen molar-refractivity contribution in [1.29, 1.82) is 0 Å². The Hall–Kier alpha value is -3.59. The van der Waals surface area contributed by atoms with E-state index in [2.05, 4.69) is 25.2 Å². The Morgan fingerprint density at radius 2 is 2.03 bits per heavy atom. The van der Waals surface area contributed by atoms with Gasteiger partial charge in [-0.25, -0.2) is 19.7 Å². The fraction of sp³-hybridized carbons (Fsp3) is 0.261. The van der Waals surface area contributed by atoms with Gasteiger partial charge < -0.3 is 15.0 Å². The molecule has 0 bridgehead atoms. The normalized spacial score (nSPS) is 13.8. The molecule has 0 unspecified atom stereocenters. The molecule has 1 aliphatic heterocycles. The lowest BCUT2D eigenvalue weighted by molar-refractivity contribution is -0.138. The number of benzene rings is 1. The summed E-state index contributed by atoms with van der Waals surface area (Å²) in [6, 6.07) is 7.45. The van der Waals surface area contributed by atoms with Crippen molar-refractivity contribution in [1.82, 2.24) is 15.0 Å². The van der Waals surface area contributed by atoms with Gasteiger partial charge in [0.1, 0.15) is 12.0 Å². The number of aromatic nitrogens is 3. The summed E-state index contributed by atoms with van der Waals surface area (Å²) in [5, 5.41) is 5.73. The summed E-state index contributed by atoms with van der Waals surface area (Å²) in [7, 11) is 0. The van der Waals surface area contributed by atoms with Crippen molar-refractivity contribution in [3.63, 3.8) is 0 Å². The fourth-order valence-electron chi connectivity index (χ4n) is 3.59. The number of ether oxygens (including phenoxy) is 1. The molecule has 164 valence electrons. The molecular formula is C23H23N5O3S. The molecule has 1 amide bonds. The summed E-state index contributed by atoms with van der Waals surface area (Å²) in [4.78, 5) is 39.7. The molecule has 1 N–H and O–H groups in total. The van der Waals surface area contributed by atoms with Crippen LogP contribution in [-0.4, -0.2) is 46.5 Å². The molecular weight excluding hydrogens is 426 g/mol. The van der Waals surface area contributed by atoms with Crippen LogP contribution in [0.2, 0.25) is 0 Å². The Kier molecular flexibility index (Phi) is 6.55. The summed E-state index contributed by atoms with van der Waals surface area (Å²) in [5.41, 5.74) is 4.19. The summed E-state index contributed by atoms with van der Waals surface area (Å²) < 4.78 is 5.30. The molecule has 3 aromatic rings. The maximum Gasteiger partial charge on any atom is 0.334 e. The lowest BCUT2D eigenvalue weighted by atomic mass is 9.94. The molecule has 0 saturated heterocycles. The first kappa shape index (κ1) is 21.6. The second kappa shape index (κ2) is 9.69. The molecule has 32 heavy (non-hydrogen) atoms. The summed E-state index contributed by atoms with van der Waals surface area (Å²) in [5.74, 6) is -0.574. The molecule has 9 heteroatoms. The van der Waals surface area contributed by atoms with Gasteiger partial charge in [0.2, 0.25) is 0 Å². The highest BCUT2D eigenvalue weighted by atomic mass is 32.1. The van der Waals surface area contributed by atoms with E-state index in [1.807, 2.05) is 29.6 Å². The van der Waals surface area contributed by atoms with E-state index < -0.39 is 0 Å². The Morgan fingerprint density at radius 3 is 2.72 bits per heavy atom. The average molecular weight is 450 g/mol. The number of nitrogens with zero attached hydrogens (tertiary/aromatic N) is 4. The molecule has 3 heterocycles. The number of carbonyl (C=O) groups excluding carboxylic acids is 2. The van der Waals surface area contributed by atoms with Gasteiger partial charge in [0.25, 0.3) is 5.91 Å². The van der Waals surface area contributed by atoms with Crippen LogP contribution in [0.5, 0.6) is 0 Å². The molecule has 0 fully saturated rings. The van der Waals surface area contributed by atoms with E-state index in [-0.39, 0.29) is 11.9 Å². The number of thiazole rings is 1. The number of esters is 1. The minimum absolute atomic E-state index is 0.280. The van der Waals surface area contributed by atoms with Gasteiger partial charge >= 0.3 is 5.97 Å². The van der Waals surface area contributed by atoms with Crippen LogP contribution in [0, 0.1) is 6.92 Å². The van der Waals surface area contributed by atoms with Crippen LogP contribution in [0.4, 0.5) is 10.8 Å². The molecule has 0 radical (unpaired) electrons. The van der Waals surface area contributed by atoms with E-state index >= 15 is 0 Å². The van der Waals surface area contributed by atoms with Crippen LogP contribution in [0.15, 0.2) is 53.9 Å². The maximum absolute atomic E-state index is 12.6. The third kappa shape index (κ3) is 4.67. The predicted octanol–water partition coefficient (Wildman–Crippen LogP) is 3.72. The number of hydrogen-bond acceptors (Lipinski definition) is 8. The molecule has 0 spiro atoms. The molecule has 1 aliphatic rings. The van der Waals surface area contributed by atoms with E-state index in [9.17, 15) is 9.59 Å². The first-order valence-corrected chi connectivity index (χ1v) is 11.2. The third-order valence-electron chi connectivity index (χ3n) is 5.16. The van der Waals surface area contributed by atoms with Gasteiger partial charge in [0.15, 0.2) is 5.13 Å². The van der Waals surface area contributed by atoms with Gasteiger partial charge in [-0.05, 0) is 49.1 Å².